The van der Waals surface area contributed by atoms with Crippen LogP contribution in [0, 0.1) is 0 Å². The van der Waals surface area contributed by atoms with Gasteiger partial charge in [-0.3, -0.25) is 14.4 Å². The van der Waals surface area contributed by atoms with Crippen molar-refractivity contribution in [2.45, 2.75) is 367 Å². The maximum absolute atomic E-state index is 12.9. The minimum atomic E-state index is -0.778. The van der Waals surface area contributed by atoms with Crippen LogP contribution < -0.4 is 0 Å². The number of esters is 3. The van der Waals surface area contributed by atoms with Crippen LogP contribution in [0.25, 0.3) is 0 Å². The number of hydrogen-bond acceptors (Lipinski definition) is 6. The number of ether oxygens (including phenoxy) is 3. The predicted molar refractivity (Wildman–Crippen MR) is 348 cm³/mol. The molecule has 0 saturated carbocycles. The Labute approximate surface area is 497 Å². The number of unbranched alkanes of at least 4 members (excludes halogenated alkanes) is 41. The normalized spacial score (nSPS) is 12.5. The largest absolute Gasteiger partial charge is 0.462 e. The molecule has 0 aromatic rings. The molecule has 0 amide bonds. The molecule has 0 bridgehead atoms. The highest BCUT2D eigenvalue weighted by atomic mass is 16.6. The van der Waals surface area contributed by atoms with Crippen LogP contribution in [0.2, 0.25) is 0 Å². The lowest BCUT2D eigenvalue weighted by atomic mass is 10.0. The van der Waals surface area contributed by atoms with Crippen molar-refractivity contribution in [2.75, 3.05) is 13.2 Å². The average Bonchev–Trinajstić information content (AvgIpc) is 3.46. The summed E-state index contributed by atoms with van der Waals surface area (Å²) in [5, 5.41) is 0. The maximum atomic E-state index is 12.9. The molecule has 0 aromatic heterocycles. The van der Waals surface area contributed by atoms with Crippen LogP contribution in [0.5, 0.6) is 0 Å². The van der Waals surface area contributed by atoms with Gasteiger partial charge in [0, 0.05) is 19.3 Å². The lowest BCUT2D eigenvalue weighted by Crippen LogP contribution is -2.30. The third kappa shape index (κ3) is 65.7. The molecule has 0 heterocycles. The second kappa shape index (κ2) is 68.3. The SMILES string of the molecule is CC/C=C\C/C=C\C/C=C\C/C=C\CCCCCCCCCCCCCCCCCCCCCCCCC(=O)OCC(COC(=O)CCCCCCCCCCCCCCC)OC(=O)CCCCCCC/C=C\C/C=C\CCCC. The van der Waals surface area contributed by atoms with Gasteiger partial charge in [0.05, 0.1) is 0 Å². The van der Waals surface area contributed by atoms with Crippen molar-refractivity contribution in [1.82, 2.24) is 0 Å². The Bertz CT molecular complexity index is 1470. The second-order valence-corrected chi connectivity index (χ2v) is 23.4. The van der Waals surface area contributed by atoms with Gasteiger partial charge in [0.2, 0.25) is 0 Å². The molecule has 0 aliphatic heterocycles. The van der Waals surface area contributed by atoms with E-state index in [0.717, 1.165) is 109 Å². The van der Waals surface area contributed by atoms with Gasteiger partial charge in [-0.25, -0.2) is 0 Å². The Kier molecular flexibility index (Phi) is 65.7. The lowest BCUT2D eigenvalue weighted by molar-refractivity contribution is -0.167. The zero-order chi connectivity index (χ0) is 57.8. The number of hydrogen-bond donors (Lipinski definition) is 0. The molecule has 1 unspecified atom stereocenters. The van der Waals surface area contributed by atoms with Crippen molar-refractivity contribution >= 4 is 17.9 Å². The number of rotatable bonds is 64. The Morgan fingerprint density at radius 3 is 0.800 bits per heavy atom. The molecule has 0 spiro atoms. The Hall–Kier alpha value is -3.15. The standard InChI is InChI=1S/C74H132O6/c1-4-7-10-13-16-19-22-25-27-28-29-30-31-32-33-34-35-36-37-38-39-40-41-42-43-44-45-46-47-50-52-55-58-61-64-67-73(76)79-70-71(69-78-72(75)66-63-60-57-54-51-48-24-21-18-15-12-9-6-3)80-74(77)68-65-62-59-56-53-49-26-23-20-17-14-11-8-5-2/h7,10,14,16-17,19,23,25-27,29-30,71H,4-6,8-9,11-13,15,18,20-22,24,28,31-70H2,1-3H3/b10-7-,17-14-,19-16-,26-23-,27-25-,30-29-. The summed E-state index contributed by atoms with van der Waals surface area (Å²) in [6, 6.07) is 0. The molecule has 0 aliphatic carbocycles. The van der Waals surface area contributed by atoms with Crippen LogP contribution in [0.1, 0.15) is 361 Å². The molecule has 0 rings (SSSR count). The monoisotopic (exact) mass is 1120 g/mol. The molecule has 1 atom stereocenters. The summed E-state index contributed by atoms with van der Waals surface area (Å²) < 4.78 is 16.9. The van der Waals surface area contributed by atoms with E-state index in [1.54, 1.807) is 0 Å². The van der Waals surface area contributed by atoms with E-state index in [1.165, 1.54) is 212 Å². The van der Waals surface area contributed by atoms with Gasteiger partial charge in [-0.05, 0) is 83.5 Å². The van der Waals surface area contributed by atoms with Gasteiger partial charge in [0.25, 0.3) is 0 Å². The zero-order valence-electron chi connectivity index (χ0n) is 53.3. The Morgan fingerprint density at radius 2 is 0.500 bits per heavy atom. The average molecular weight is 1120 g/mol. The molecule has 80 heavy (non-hydrogen) atoms. The molecule has 0 fully saturated rings. The molecule has 6 nitrogen and oxygen atoms in total. The predicted octanol–water partition coefficient (Wildman–Crippen LogP) is 24.1. The van der Waals surface area contributed by atoms with Crippen LogP contribution in [-0.2, 0) is 28.6 Å². The zero-order valence-corrected chi connectivity index (χ0v) is 53.3. The first kappa shape index (κ1) is 76.9. The van der Waals surface area contributed by atoms with E-state index in [2.05, 4.69) is 93.7 Å². The third-order valence-corrected chi connectivity index (χ3v) is 15.4. The summed E-state index contributed by atoms with van der Waals surface area (Å²) >= 11 is 0. The van der Waals surface area contributed by atoms with Crippen molar-refractivity contribution in [2.24, 2.45) is 0 Å². The topological polar surface area (TPSA) is 78.9 Å². The summed E-state index contributed by atoms with van der Waals surface area (Å²) in [4.78, 5) is 38.3. The maximum Gasteiger partial charge on any atom is 0.306 e. The molecule has 6 heteroatoms. The van der Waals surface area contributed by atoms with Crippen LogP contribution in [-0.4, -0.2) is 37.2 Å². The minimum absolute atomic E-state index is 0.0747. The van der Waals surface area contributed by atoms with Crippen LogP contribution in [0.4, 0.5) is 0 Å². The van der Waals surface area contributed by atoms with Crippen molar-refractivity contribution in [3.05, 3.63) is 72.9 Å². The summed E-state index contributed by atoms with van der Waals surface area (Å²) in [5.74, 6) is -0.868. The van der Waals surface area contributed by atoms with Gasteiger partial charge in [-0.15, -0.1) is 0 Å². The van der Waals surface area contributed by atoms with Gasteiger partial charge >= 0.3 is 17.9 Å². The second-order valence-electron chi connectivity index (χ2n) is 23.4. The number of carbonyl (C=O) groups excluding carboxylic acids is 3. The highest BCUT2D eigenvalue weighted by Crippen LogP contribution is 2.18. The first-order valence-corrected chi connectivity index (χ1v) is 34.9. The van der Waals surface area contributed by atoms with Crippen LogP contribution in [0.3, 0.4) is 0 Å². The number of carbonyl (C=O) groups is 3. The van der Waals surface area contributed by atoms with E-state index < -0.39 is 6.10 Å². The lowest BCUT2D eigenvalue weighted by Gasteiger charge is -2.18. The van der Waals surface area contributed by atoms with Gasteiger partial charge in [0.15, 0.2) is 6.10 Å². The van der Waals surface area contributed by atoms with Crippen molar-refractivity contribution in [3.8, 4) is 0 Å². The Morgan fingerprint density at radius 1 is 0.263 bits per heavy atom. The molecule has 0 aromatic carbocycles. The van der Waals surface area contributed by atoms with Gasteiger partial charge in [-0.1, -0.05) is 331 Å². The summed E-state index contributed by atoms with van der Waals surface area (Å²) in [5.41, 5.74) is 0. The molecule has 0 radical (unpaired) electrons. The van der Waals surface area contributed by atoms with Crippen LogP contribution in [0.15, 0.2) is 72.9 Å². The molecule has 0 N–H and O–H groups in total. The number of allylic oxidation sites excluding steroid dienone is 12. The first-order chi connectivity index (χ1) is 39.5. The molecule has 0 aliphatic rings. The van der Waals surface area contributed by atoms with E-state index in [1.807, 2.05) is 0 Å². The fraction of sp³-hybridized carbons (Fsp3) is 0.797. The minimum Gasteiger partial charge on any atom is -0.462 e. The molecular formula is C74H132O6. The fourth-order valence-electron chi connectivity index (χ4n) is 10.2. The van der Waals surface area contributed by atoms with Gasteiger partial charge < -0.3 is 14.2 Å². The highest BCUT2D eigenvalue weighted by molar-refractivity contribution is 5.71. The van der Waals surface area contributed by atoms with Crippen molar-refractivity contribution in [1.29, 1.82) is 0 Å². The van der Waals surface area contributed by atoms with E-state index in [0.29, 0.717) is 19.3 Å². The van der Waals surface area contributed by atoms with Crippen molar-refractivity contribution < 1.29 is 28.6 Å². The quantitative estimate of drug-likeness (QED) is 0.0261. The summed E-state index contributed by atoms with van der Waals surface area (Å²) in [7, 11) is 0. The van der Waals surface area contributed by atoms with Crippen molar-refractivity contribution in [3.63, 3.8) is 0 Å². The fourth-order valence-corrected chi connectivity index (χ4v) is 10.2. The van der Waals surface area contributed by atoms with E-state index in [9.17, 15) is 14.4 Å². The van der Waals surface area contributed by atoms with E-state index >= 15 is 0 Å². The summed E-state index contributed by atoms with van der Waals surface area (Å²) in [6.07, 6.45) is 89.5. The summed E-state index contributed by atoms with van der Waals surface area (Å²) in [6.45, 7) is 6.52. The molecular weight excluding hydrogens is 985 g/mol. The Balaban J connectivity index is 4.06. The van der Waals surface area contributed by atoms with Crippen LogP contribution >= 0.6 is 0 Å². The highest BCUT2D eigenvalue weighted by Gasteiger charge is 2.19. The van der Waals surface area contributed by atoms with Gasteiger partial charge in [-0.2, -0.15) is 0 Å². The molecule has 0 saturated heterocycles. The van der Waals surface area contributed by atoms with E-state index in [4.69, 9.17) is 14.2 Å². The third-order valence-electron chi connectivity index (χ3n) is 15.4. The first-order valence-electron chi connectivity index (χ1n) is 34.9. The molecule has 464 valence electrons. The smallest absolute Gasteiger partial charge is 0.306 e. The van der Waals surface area contributed by atoms with E-state index in [-0.39, 0.29) is 31.1 Å². The van der Waals surface area contributed by atoms with Gasteiger partial charge in [0.1, 0.15) is 13.2 Å².